The van der Waals surface area contributed by atoms with Crippen LogP contribution < -0.4 is 0 Å². The molecule has 2 aliphatic rings. The van der Waals surface area contributed by atoms with Gasteiger partial charge in [0.25, 0.3) is 5.91 Å². The molecule has 2 aromatic heterocycles. The van der Waals surface area contributed by atoms with Crippen LogP contribution in [0.2, 0.25) is 0 Å². The molecular weight excluding hydrogens is 368 g/mol. The maximum absolute atomic E-state index is 13.4. The van der Waals surface area contributed by atoms with Gasteiger partial charge in [-0.05, 0) is 56.9 Å². The smallest absolute Gasteiger partial charge is 0.273 e. The number of aryl methyl sites for hydroxylation is 1. The van der Waals surface area contributed by atoms with E-state index in [0.717, 1.165) is 36.0 Å². The Hall–Kier alpha value is -2.77. The Morgan fingerprint density at radius 1 is 1.10 bits per heavy atom. The standard InChI is InChI=1S/C22H24N4O3/c1-14-16-8-9-17(23-20(16)26(24-14)15-6-3-2-4-7-15)21(29)25-13-19(28)18(27)12-22(25)10-5-11-22/h2-4,6-9,18-19,27-28H,5,10-13H2,1H3/t18-,19+/m0/s1. The second-order valence-electron chi connectivity index (χ2n) is 8.23. The fourth-order valence-electron chi connectivity index (χ4n) is 4.65. The van der Waals surface area contributed by atoms with E-state index in [1.54, 1.807) is 15.6 Å². The number of pyridine rings is 1. The number of benzene rings is 1. The van der Waals surface area contributed by atoms with Crippen molar-refractivity contribution in [2.75, 3.05) is 6.54 Å². The monoisotopic (exact) mass is 392 g/mol. The Kier molecular flexibility index (Phi) is 4.18. The third kappa shape index (κ3) is 2.84. The third-order valence-corrected chi connectivity index (χ3v) is 6.44. The van der Waals surface area contributed by atoms with Crippen LogP contribution in [0, 0.1) is 6.92 Å². The van der Waals surface area contributed by atoms with E-state index in [2.05, 4.69) is 10.1 Å². The molecule has 2 atom stereocenters. The van der Waals surface area contributed by atoms with E-state index in [0.29, 0.717) is 17.8 Å². The number of nitrogens with zero attached hydrogens (tertiary/aromatic N) is 4. The fourth-order valence-corrected chi connectivity index (χ4v) is 4.65. The molecule has 1 saturated heterocycles. The molecule has 2 fully saturated rings. The van der Waals surface area contributed by atoms with E-state index >= 15 is 0 Å². The fraction of sp³-hybridized carbons (Fsp3) is 0.409. The minimum Gasteiger partial charge on any atom is -0.390 e. The molecule has 1 aliphatic carbocycles. The van der Waals surface area contributed by atoms with E-state index in [4.69, 9.17) is 0 Å². The maximum Gasteiger partial charge on any atom is 0.273 e. The molecule has 3 aromatic rings. The number of para-hydroxylation sites is 1. The first-order chi connectivity index (χ1) is 14.0. The zero-order valence-electron chi connectivity index (χ0n) is 16.3. The van der Waals surface area contributed by atoms with Gasteiger partial charge in [0, 0.05) is 10.9 Å². The highest BCUT2D eigenvalue weighted by atomic mass is 16.3. The van der Waals surface area contributed by atoms with Crippen LogP contribution in [0.5, 0.6) is 0 Å². The van der Waals surface area contributed by atoms with Gasteiger partial charge in [0.15, 0.2) is 5.65 Å². The first-order valence-corrected chi connectivity index (χ1v) is 10.1. The number of piperidine rings is 1. The molecule has 150 valence electrons. The number of carbonyl (C=O) groups excluding carboxylic acids is 1. The van der Waals surface area contributed by atoms with Crippen LogP contribution in [0.3, 0.4) is 0 Å². The number of fused-ring (bicyclic) bond motifs is 1. The summed E-state index contributed by atoms with van der Waals surface area (Å²) in [6.07, 6.45) is 1.45. The molecule has 2 N–H and O–H groups in total. The molecule has 5 rings (SSSR count). The molecule has 0 bridgehead atoms. The number of aromatic nitrogens is 3. The summed E-state index contributed by atoms with van der Waals surface area (Å²) >= 11 is 0. The van der Waals surface area contributed by atoms with E-state index < -0.39 is 12.2 Å². The molecule has 1 spiro atoms. The normalized spacial score (nSPS) is 23.3. The molecule has 1 aromatic carbocycles. The molecular formula is C22H24N4O3. The summed E-state index contributed by atoms with van der Waals surface area (Å²) in [6, 6.07) is 13.3. The van der Waals surface area contributed by atoms with E-state index in [1.165, 1.54) is 0 Å². The Morgan fingerprint density at radius 2 is 1.86 bits per heavy atom. The van der Waals surface area contributed by atoms with Gasteiger partial charge in [-0.15, -0.1) is 0 Å². The van der Waals surface area contributed by atoms with Gasteiger partial charge in [0.2, 0.25) is 0 Å². The largest absolute Gasteiger partial charge is 0.390 e. The Morgan fingerprint density at radius 3 is 2.55 bits per heavy atom. The highest BCUT2D eigenvalue weighted by Crippen LogP contribution is 2.45. The lowest BCUT2D eigenvalue weighted by atomic mass is 9.68. The topological polar surface area (TPSA) is 91.5 Å². The maximum atomic E-state index is 13.4. The van der Waals surface area contributed by atoms with Crippen molar-refractivity contribution < 1.29 is 15.0 Å². The SMILES string of the molecule is Cc1nn(-c2ccccc2)c2nc(C(=O)N3C[C@@H](O)[C@@H](O)CC34CCC4)ccc12. The van der Waals surface area contributed by atoms with Crippen molar-refractivity contribution in [3.63, 3.8) is 0 Å². The summed E-state index contributed by atoms with van der Waals surface area (Å²) in [4.78, 5) is 19.8. The number of amides is 1. The van der Waals surface area contributed by atoms with Crippen molar-refractivity contribution >= 4 is 16.9 Å². The Bertz CT molecular complexity index is 1070. The van der Waals surface area contributed by atoms with Crippen LogP contribution in [0.1, 0.15) is 41.9 Å². The molecule has 0 radical (unpaired) electrons. The van der Waals surface area contributed by atoms with Crippen LogP contribution in [0.25, 0.3) is 16.7 Å². The lowest BCUT2D eigenvalue weighted by Gasteiger charge is -2.55. The highest BCUT2D eigenvalue weighted by Gasteiger charge is 2.51. The third-order valence-electron chi connectivity index (χ3n) is 6.44. The van der Waals surface area contributed by atoms with E-state index in [9.17, 15) is 15.0 Å². The first kappa shape index (κ1) is 18.3. The van der Waals surface area contributed by atoms with Gasteiger partial charge in [-0.25, -0.2) is 9.67 Å². The number of aliphatic hydroxyl groups is 2. The molecule has 7 heteroatoms. The number of aliphatic hydroxyl groups excluding tert-OH is 2. The Labute approximate surface area is 168 Å². The van der Waals surface area contributed by atoms with E-state index in [-0.39, 0.29) is 18.0 Å². The summed E-state index contributed by atoms with van der Waals surface area (Å²) in [6.45, 7) is 2.06. The molecule has 7 nitrogen and oxygen atoms in total. The van der Waals surface area contributed by atoms with Gasteiger partial charge in [-0.3, -0.25) is 4.79 Å². The lowest BCUT2D eigenvalue weighted by molar-refractivity contribution is -0.108. The first-order valence-electron chi connectivity index (χ1n) is 10.1. The lowest BCUT2D eigenvalue weighted by Crippen LogP contribution is -2.65. The van der Waals surface area contributed by atoms with Gasteiger partial charge in [0.1, 0.15) is 5.69 Å². The zero-order valence-corrected chi connectivity index (χ0v) is 16.3. The number of likely N-dealkylation sites (tertiary alicyclic amines) is 1. The summed E-state index contributed by atoms with van der Waals surface area (Å²) in [5, 5.41) is 25.8. The average molecular weight is 392 g/mol. The van der Waals surface area contributed by atoms with Gasteiger partial charge in [-0.2, -0.15) is 5.10 Å². The van der Waals surface area contributed by atoms with Crippen LogP contribution in [-0.4, -0.2) is 60.1 Å². The van der Waals surface area contributed by atoms with Crippen molar-refractivity contribution in [1.82, 2.24) is 19.7 Å². The van der Waals surface area contributed by atoms with Crippen LogP contribution in [0.4, 0.5) is 0 Å². The molecule has 1 saturated carbocycles. The van der Waals surface area contributed by atoms with Gasteiger partial charge in [0.05, 0.1) is 30.1 Å². The van der Waals surface area contributed by atoms with Crippen molar-refractivity contribution in [2.24, 2.45) is 0 Å². The van der Waals surface area contributed by atoms with Crippen LogP contribution >= 0.6 is 0 Å². The quantitative estimate of drug-likeness (QED) is 0.698. The molecule has 1 aliphatic heterocycles. The number of β-amino-alcohol motifs (C(OH)–C–C–N with tert-alkyl or cyclic N) is 1. The summed E-state index contributed by atoms with van der Waals surface area (Å²) in [7, 11) is 0. The number of hydrogen-bond donors (Lipinski definition) is 2. The van der Waals surface area contributed by atoms with Crippen LogP contribution in [-0.2, 0) is 0 Å². The minimum absolute atomic E-state index is 0.136. The predicted octanol–water partition coefficient (Wildman–Crippen LogP) is 2.22. The Balaban J connectivity index is 1.56. The average Bonchev–Trinajstić information content (AvgIpc) is 3.04. The van der Waals surface area contributed by atoms with Crippen molar-refractivity contribution in [2.45, 2.75) is 50.4 Å². The minimum atomic E-state index is -0.925. The zero-order chi connectivity index (χ0) is 20.2. The van der Waals surface area contributed by atoms with Gasteiger partial charge in [-0.1, -0.05) is 18.2 Å². The number of carbonyl (C=O) groups is 1. The summed E-state index contributed by atoms with van der Waals surface area (Å²) in [5.74, 6) is -0.198. The van der Waals surface area contributed by atoms with Crippen molar-refractivity contribution in [1.29, 1.82) is 0 Å². The molecule has 0 unspecified atom stereocenters. The summed E-state index contributed by atoms with van der Waals surface area (Å²) in [5.41, 5.74) is 2.35. The molecule has 1 amide bonds. The number of hydrogen-bond acceptors (Lipinski definition) is 5. The van der Waals surface area contributed by atoms with Gasteiger partial charge >= 0.3 is 0 Å². The highest BCUT2D eigenvalue weighted by molar-refractivity contribution is 5.95. The molecule has 29 heavy (non-hydrogen) atoms. The summed E-state index contributed by atoms with van der Waals surface area (Å²) < 4.78 is 1.76. The van der Waals surface area contributed by atoms with E-state index in [1.807, 2.05) is 43.3 Å². The second-order valence-corrected chi connectivity index (χ2v) is 8.23. The molecule has 3 heterocycles. The van der Waals surface area contributed by atoms with Crippen molar-refractivity contribution in [3.8, 4) is 5.69 Å². The van der Waals surface area contributed by atoms with Gasteiger partial charge < -0.3 is 15.1 Å². The van der Waals surface area contributed by atoms with Crippen molar-refractivity contribution in [3.05, 3.63) is 53.9 Å². The van der Waals surface area contributed by atoms with Crippen LogP contribution in [0.15, 0.2) is 42.5 Å². The second kappa shape index (κ2) is 6.64. The predicted molar refractivity (Wildman–Crippen MR) is 108 cm³/mol. The number of rotatable bonds is 2.